The van der Waals surface area contributed by atoms with Crippen molar-refractivity contribution in [3.05, 3.63) is 152 Å². The van der Waals surface area contributed by atoms with E-state index in [9.17, 15) is 0 Å². The average molecular weight is 540 g/mol. The van der Waals surface area contributed by atoms with Crippen molar-refractivity contribution < 1.29 is 0 Å². The number of para-hydroxylation sites is 3. The van der Waals surface area contributed by atoms with Gasteiger partial charge in [-0.2, -0.15) is 0 Å². The maximum atomic E-state index is 4.92. The highest BCUT2D eigenvalue weighted by Gasteiger charge is 2.16. The maximum absolute atomic E-state index is 4.92. The van der Waals surface area contributed by atoms with Crippen molar-refractivity contribution in [3.8, 4) is 45.4 Å². The number of rotatable bonds is 5. The lowest BCUT2D eigenvalue weighted by Crippen LogP contribution is -2.00. The molecular weight excluding hydrogens is 514 g/mol. The van der Waals surface area contributed by atoms with Crippen molar-refractivity contribution in [3.63, 3.8) is 0 Å². The molecule has 0 amide bonds. The van der Waals surface area contributed by atoms with Crippen LogP contribution in [0.25, 0.3) is 67.2 Å². The lowest BCUT2D eigenvalue weighted by atomic mass is 10.0. The molecule has 5 nitrogen and oxygen atoms in total. The third-order valence-corrected chi connectivity index (χ3v) is 7.66. The molecule has 0 aliphatic heterocycles. The Morgan fingerprint density at radius 2 is 1.12 bits per heavy atom. The molecule has 42 heavy (non-hydrogen) atoms. The van der Waals surface area contributed by atoms with Gasteiger partial charge in [0.05, 0.1) is 16.7 Å². The average Bonchev–Trinajstić information content (AvgIpc) is 3.66. The summed E-state index contributed by atoms with van der Waals surface area (Å²) in [5.41, 5.74) is 8.49. The monoisotopic (exact) mass is 539 g/mol. The molecule has 0 fully saturated rings. The molecule has 0 atom stereocenters. The second-order valence-corrected chi connectivity index (χ2v) is 10.2. The highest BCUT2D eigenvalue weighted by Crippen LogP contribution is 2.33. The van der Waals surface area contributed by atoms with E-state index in [1.165, 1.54) is 21.8 Å². The molecule has 0 aliphatic carbocycles. The number of benzene rings is 5. The van der Waals surface area contributed by atoms with Gasteiger partial charge in [0.1, 0.15) is 5.69 Å². The third-order valence-electron chi connectivity index (χ3n) is 7.66. The smallest absolute Gasteiger partial charge is 0.182 e. The SMILES string of the molecule is c1ccc(-n2nc(-c3ccc(-c4cccc(-n5c6ccccc6c6ccccc65)c4)cc3)nc2-c2ccccn2)cc1. The van der Waals surface area contributed by atoms with E-state index >= 15 is 0 Å². The van der Waals surface area contributed by atoms with Crippen molar-refractivity contribution in [2.24, 2.45) is 0 Å². The molecule has 0 bridgehead atoms. The molecule has 198 valence electrons. The topological polar surface area (TPSA) is 48.5 Å². The zero-order valence-electron chi connectivity index (χ0n) is 22.7. The van der Waals surface area contributed by atoms with E-state index in [0.717, 1.165) is 33.8 Å². The van der Waals surface area contributed by atoms with Gasteiger partial charge in [0.15, 0.2) is 11.6 Å². The Balaban J connectivity index is 1.18. The first kappa shape index (κ1) is 24.0. The van der Waals surface area contributed by atoms with Gasteiger partial charge in [0.2, 0.25) is 0 Å². The van der Waals surface area contributed by atoms with Crippen molar-refractivity contribution in [2.75, 3.05) is 0 Å². The lowest BCUT2D eigenvalue weighted by molar-refractivity contribution is 0.886. The quantitative estimate of drug-likeness (QED) is 0.220. The molecule has 0 N–H and O–H groups in total. The first-order chi connectivity index (χ1) is 20.8. The van der Waals surface area contributed by atoms with Crippen LogP contribution in [0, 0.1) is 0 Å². The molecule has 8 aromatic rings. The van der Waals surface area contributed by atoms with Gasteiger partial charge in [-0.3, -0.25) is 4.98 Å². The van der Waals surface area contributed by atoms with Crippen molar-refractivity contribution in [1.29, 1.82) is 0 Å². The Hall–Kier alpha value is -5.81. The summed E-state index contributed by atoms with van der Waals surface area (Å²) in [7, 11) is 0. The minimum absolute atomic E-state index is 0.657. The Morgan fingerprint density at radius 1 is 0.476 bits per heavy atom. The van der Waals surface area contributed by atoms with Gasteiger partial charge in [-0.1, -0.05) is 97.1 Å². The van der Waals surface area contributed by atoms with Gasteiger partial charge in [-0.15, -0.1) is 5.10 Å². The van der Waals surface area contributed by atoms with Crippen LogP contribution in [0.4, 0.5) is 0 Å². The van der Waals surface area contributed by atoms with Crippen LogP contribution >= 0.6 is 0 Å². The lowest BCUT2D eigenvalue weighted by Gasteiger charge is -2.10. The zero-order valence-corrected chi connectivity index (χ0v) is 22.7. The number of pyridine rings is 1. The number of hydrogen-bond acceptors (Lipinski definition) is 3. The highest BCUT2D eigenvalue weighted by atomic mass is 15.4. The minimum atomic E-state index is 0.657. The second-order valence-electron chi connectivity index (χ2n) is 10.2. The molecule has 5 aromatic carbocycles. The van der Waals surface area contributed by atoms with Gasteiger partial charge in [0.25, 0.3) is 0 Å². The Bertz CT molecular complexity index is 2070. The number of fused-ring (bicyclic) bond motifs is 3. The van der Waals surface area contributed by atoms with Crippen LogP contribution in [0.5, 0.6) is 0 Å². The van der Waals surface area contributed by atoms with Gasteiger partial charge in [0, 0.05) is 28.2 Å². The normalized spacial score (nSPS) is 11.3. The Kier molecular flexibility index (Phi) is 5.71. The molecule has 5 heteroatoms. The summed E-state index contributed by atoms with van der Waals surface area (Å²) < 4.78 is 4.21. The second kappa shape index (κ2) is 9.98. The van der Waals surface area contributed by atoms with Gasteiger partial charge >= 0.3 is 0 Å². The van der Waals surface area contributed by atoms with E-state index in [0.29, 0.717) is 11.6 Å². The summed E-state index contributed by atoms with van der Waals surface area (Å²) in [6, 6.07) is 50.3. The Morgan fingerprint density at radius 3 is 1.83 bits per heavy atom. The van der Waals surface area contributed by atoms with Gasteiger partial charge in [-0.25, -0.2) is 9.67 Å². The van der Waals surface area contributed by atoms with E-state index in [4.69, 9.17) is 10.1 Å². The molecule has 8 rings (SSSR count). The molecule has 3 heterocycles. The van der Waals surface area contributed by atoms with Crippen molar-refractivity contribution >= 4 is 21.8 Å². The zero-order chi connectivity index (χ0) is 27.9. The fourth-order valence-corrected chi connectivity index (χ4v) is 5.68. The summed E-state index contributed by atoms with van der Waals surface area (Å²) in [4.78, 5) is 9.46. The van der Waals surface area contributed by atoms with E-state index in [1.807, 2.05) is 53.2 Å². The first-order valence-electron chi connectivity index (χ1n) is 14.0. The molecule has 0 saturated heterocycles. The fourth-order valence-electron chi connectivity index (χ4n) is 5.68. The van der Waals surface area contributed by atoms with E-state index in [2.05, 4.69) is 107 Å². The first-order valence-corrected chi connectivity index (χ1v) is 14.0. The highest BCUT2D eigenvalue weighted by molar-refractivity contribution is 6.09. The fraction of sp³-hybridized carbons (Fsp3) is 0. The molecule has 0 spiro atoms. The van der Waals surface area contributed by atoms with E-state index in [1.54, 1.807) is 6.20 Å². The van der Waals surface area contributed by atoms with Crippen LogP contribution in [0.3, 0.4) is 0 Å². The third kappa shape index (κ3) is 4.07. The molecular formula is C37H25N5. The summed E-state index contributed by atoms with van der Waals surface area (Å²) in [5.74, 6) is 1.37. The molecule has 0 radical (unpaired) electrons. The minimum Gasteiger partial charge on any atom is -0.309 e. The summed E-state index contributed by atoms with van der Waals surface area (Å²) in [6.45, 7) is 0. The van der Waals surface area contributed by atoms with Crippen molar-refractivity contribution in [2.45, 2.75) is 0 Å². The van der Waals surface area contributed by atoms with Crippen LogP contribution in [0.2, 0.25) is 0 Å². The number of aromatic nitrogens is 5. The van der Waals surface area contributed by atoms with Crippen LogP contribution in [-0.4, -0.2) is 24.3 Å². The van der Waals surface area contributed by atoms with Crippen molar-refractivity contribution in [1.82, 2.24) is 24.3 Å². The molecule has 0 saturated carbocycles. The van der Waals surface area contributed by atoms with Crippen LogP contribution in [-0.2, 0) is 0 Å². The van der Waals surface area contributed by atoms with Crippen LogP contribution in [0.15, 0.2) is 152 Å². The van der Waals surface area contributed by atoms with Gasteiger partial charge in [-0.05, 0) is 59.7 Å². The summed E-state index contributed by atoms with van der Waals surface area (Å²) >= 11 is 0. The predicted octanol–water partition coefficient (Wildman–Crippen LogP) is 8.76. The van der Waals surface area contributed by atoms with Crippen LogP contribution < -0.4 is 0 Å². The number of nitrogens with zero attached hydrogens (tertiary/aromatic N) is 5. The van der Waals surface area contributed by atoms with Crippen LogP contribution in [0.1, 0.15) is 0 Å². The standard InChI is InChI=1S/C37H25N5/c1-2-12-29(13-3-1)42-37(33-17-8-9-24-38-33)39-36(40-42)27-22-20-26(21-23-27)28-11-10-14-30(25-28)41-34-18-6-4-15-31(34)32-16-5-7-19-35(32)41/h1-25H. The predicted molar refractivity (Wildman–Crippen MR) is 170 cm³/mol. The largest absolute Gasteiger partial charge is 0.309 e. The van der Waals surface area contributed by atoms with Gasteiger partial charge < -0.3 is 4.57 Å². The van der Waals surface area contributed by atoms with E-state index in [-0.39, 0.29) is 0 Å². The molecule has 0 aliphatic rings. The number of hydrogen-bond donors (Lipinski definition) is 0. The Labute approximate surface area is 243 Å². The molecule has 0 unspecified atom stereocenters. The summed E-state index contributed by atoms with van der Waals surface area (Å²) in [5, 5.41) is 7.42. The van der Waals surface area contributed by atoms with E-state index < -0.39 is 0 Å². The summed E-state index contributed by atoms with van der Waals surface area (Å²) in [6.07, 6.45) is 1.78. The molecule has 3 aromatic heterocycles. The maximum Gasteiger partial charge on any atom is 0.182 e.